The fraction of sp³-hybridized carbons (Fsp3) is 0.0455. The zero-order valence-corrected chi connectivity index (χ0v) is 16.3. The number of para-hydroxylation sites is 1. The molecule has 3 aromatic carbocycles. The fourth-order valence-electron chi connectivity index (χ4n) is 2.83. The van der Waals surface area contributed by atoms with Crippen LogP contribution in [0.15, 0.2) is 71.8 Å². The summed E-state index contributed by atoms with van der Waals surface area (Å²) in [6.45, 7) is 0. The predicted molar refractivity (Wildman–Crippen MR) is 116 cm³/mol. The zero-order chi connectivity index (χ0) is 20.2. The second-order valence-electron chi connectivity index (χ2n) is 6.22. The Morgan fingerprint density at radius 3 is 2.62 bits per heavy atom. The van der Waals surface area contributed by atoms with Crippen molar-refractivity contribution in [3.63, 3.8) is 0 Å². The number of hydrazone groups is 1. The van der Waals surface area contributed by atoms with Crippen molar-refractivity contribution < 1.29 is 9.84 Å². The molecule has 4 aromatic rings. The Labute approximate surface area is 172 Å². The minimum atomic E-state index is 0.0759. The van der Waals surface area contributed by atoms with E-state index in [-0.39, 0.29) is 5.75 Å². The highest BCUT2D eigenvalue weighted by Gasteiger charge is 2.09. The van der Waals surface area contributed by atoms with E-state index in [4.69, 9.17) is 16.3 Å². The molecule has 0 aliphatic carbocycles. The van der Waals surface area contributed by atoms with Gasteiger partial charge in [0.25, 0.3) is 0 Å². The van der Waals surface area contributed by atoms with Gasteiger partial charge in [-0.2, -0.15) is 5.10 Å². The molecule has 0 atom stereocenters. The molecule has 2 N–H and O–H groups in total. The number of halogens is 1. The van der Waals surface area contributed by atoms with E-state index in [2.05, 4.69) is 20.5 Å². The highest BCUT2D eigenvalue weighted by Crippen LogP contribution is 2.27. The number of nitrogens with zero attached hydrogens (tertiary/aromatic N) is 3. The molecule has 0 amide bonds. The first-order chi connectivity index (χ1) is 14.1. The molecule has 4 rings (SSSR count). The number of aromatic hydroxyl groups is 1. The second kappa shape index (κ2) is 8.16. The number of phenols is 1. The summed E-state index contributed by atoms with van der Waals surface area (Å²) in [5.41, 5.74) is 5.42. The standard InChI is InChI=1S/C22H17ClN4O2/c1-29-20-12-14(6-11-19(20)28)13-24-27-22-17-4-2-3-5-18(17)25-21(26-22)15-7-9-16(23)10-8-15/h2-13,28H,1H3,(H,25,26,27)/b24-13+. The molecular formula is C22H17ClN4O2. The van der Waals surface area contributed by atoms with Crippen LogP contribution in [-0.4, -0.2) is 28.4 Å². The summed E-state index contributed by atoms with van der Waals surface area (Å²) in [5, 5.41) is 15.5. The maximum Gasteiger partial charge on any atom is 0.162 e. The van der Waals surface area contributed by atoms with Crippen molar-refractivity contribution >= 4 is 34.5 Å². The molecule has 0 saturated carbocycles. The van der Waals surface area contributed by atoms with Gasteiger partial charge in [0.05, 0.1) is 18.8 Å². The lowest BCUT2D eigenvalue weighted by molar-refractivity contribution is 0.373. The van der Waals surface area contributed by atoms with Gasteiger partial charge in [0.1, 0.15) is 0 Å². The molecule has 1 aromatic heterocycles. The third kappa shape index (κ3) is 4.12. The van der Waals surface area contributed by atoms with Crippen LogP contribution in [0, 0.1) is 0 Å². The number of phenolic OH excluding ortho intramolecular Hbond substituents is 1. The van der Waals surface area contributed by atoms with Crippen molar-refractivity contribution in [3.05, 3.63) is 77.3 Å². The number of anilines is 1. The number of methoxy groups -OCH3 is 1. The van der Waals surface area contributed by atoms with Crippen molar-refractivity contribution in [1.82, 2.24) is 9.97 Å². The molecule has 6 nitrogen and oxygen atoms in total. The van der Waals surface area contributed by atoms with Gasteiger partial charge in [-0.25, -0.2) is 9.97 Å². The zero-order valence-electron chi connectivity index (χ0n) is 15.5. The molecule has 0 bridgehead atoms. The smallest absolute Gasteiger partial charge is 0.162 e. The highest BCUT2D eigenvalue weighted by atomic mass is 35.5. The second-order valence-corrected chi connectivity index (χ2v) is 6.66. The summed E-state index contributed by atoms with van der Waals surface area (Å²) < 4.78 is 5.12. The number of benzene rings is 3. The lowest BCUT2D eigenvalue weighted by Gasteiger charge is -2.08. The average Bonchev–Trinajstić information content (AvgIpc) is 2.75. The summed E-state index contributed by atoms with van der Waals surface area (Å²) in [6, 6.07) is 20.1. The monoisotopic (exact) mass is 404 g/mol. The van der Waals surface area contributed by atoms with Gasteiger partial charge in [-0.15, -0.1) is 0 Å². The first-order valence-electron chi connectivity index (χ1n) is 8.83. The Morgan fingerprint density at radius 1 is 1.03 bits per heavy atom. The van der Waals surface area contributed by atoms with E-state index in [1.807, 2.05) is 36.4 Å². The Kier molecular flexibility index (Phi) is 5.27. The van der Waals surface area contributed by atoms with Crippen molar-refractivity contribution in [3.8, 4) is 22.9 Å². The van der Waals surface area contributed by atoms with Crippen molar-refractivity contribution in [2.24, 2.45) is 5.10 Å². The minimum absolute atomic E-state index is 0.0759. The van der Waals surface area contributed by atoms with Crippen LogP contribution in [0.4, 0.5) is 5.82 Å². The van der Waals surface area contributed by atoms with Gasteiger partial charge >= 0.3 is 0 Å². The quantitative estimate of drug-likeness (QED) is 0.357. The third-order valence-corrected chi connectivity index (χ3v) is 4.55. The summed E-state index contributed by atoms with van der Waals surface area (Å²) in [5.74, 6) is 1.62. The molecule has 0 radical (unpaired) electrons. The Balaban J connectivity index is 1.68. The molecule has 0 fully saturated rings. The summed E-state index contributed by atoms with van der Waals surface area (Å²) in [6.07, 6.45) is 1.63. The van der Waals surface area contributed by atoms with Gasteiger partial charge in [0.15, 0.2) is 23.1 Å². The topological polar surface area (TPSA) is 79.6 Å². The lowest BCUT2D eigenvalue weighted by atomic mass is 10.2. The minimum Gasteiger partial charge on any atom is -0.504 e. The van der Waals surface area contributed by atoms with Crippen LogP contribution in [0.2, 0.25) is 5.02 Å². The summed E-state index contributed by atoms with van der Waals surface area (Å²) in [7, 11) is 1.50. The van der Waals surface area contributed by atoms with E-state index in [1.165, 1.54) is 7.11 Å². The number of aromatic nitrogens is 2. The molecule has 29 heavy (non-hydrogen) atoms. The summed E-state index contributed by atoms with van der Waals surface area (Å²) >= 11 is 5.99. The van der Waals surface area contributed by atoms with Crippen molar-refractivity contribution in [1.29, 1.82) is 0 Å². The number of hydrogen-bond donors (Lipinski definition) is 2. The lowest BCUT2D eigenvalue weighted by Crippen LogP contribution is -1.99. The molecule has 0 aliphatic heterocycles. The molecule has 0 spiro atoms. The van der Waals surface area contributed by atoms with Gasteiger partial charge in [-0.05, 0) is 60.2 Å². The Morgan fingerprint density at radius 2 is 1.83 bits per heavy atom. The van der Waals surface area contributed by atoms with E-state index >= 15 is 0 Å². The molecule has 0 aliphatic rings. The molecule has 0 unspecified atom stereocenters. The van der Waals surface area contributed by atoms with E-state index < -0.39 is 0 Å². The number of fused-ring (bicyclic) bond motifs is 1. The average molecular weight is 405 g/mol. The number of nitrogens with one attached hydrogen (secondary N) is 1. The number of hydrogen-bond acceptors (Lipinski definition) is 6. The highest BCUT2D eigenvalue weighted by molar-refractivity contribution is 6.30. The molecule has 0 saturated heterocycles. The largest absolute Gasteiger partial charge is 0.504 e. The van der Waals surface area contributed by atoms with Crippen LogP contribution in [-0.2, 0) is 0 Å². The normalized spacial score (nSPS) is 11.1. The van der Waals surface area contributed by atoms with Gasteiger partial charge in [-0.1, -0.05) is 23.7 Å². The number of ether oxygens (including phenoxy) is 1. The molecule has 7 heteroatoms. The van der Waals surface area contributed by atoms with Crippen LogP contribution in [0.1, 0.15) is 5.56 Å². The van der Waals surface area contributed by atoms with Gasteiger partial charge < -0.3 is 9.84 Å². The number of rotatable bonds is 5. The Hall–Kier alpha value is -3.64. The van der Waals surface area contributed by atoms with Crippen LogP contribution in [0.25, 0.3) is 22.3 Å². The first kappa shape index (κ1) is 18.7. The maximum absolute atomic E-state index is 9.70. The van der Waals surface area contributed by atoms with Crippen LogP contribution in [0.3, 0.4) is 0 Å². The van der Waals surface area contributed by atoms with E-state index in [0.717, 1.165) is 22.0 Å². The van der Waals surface area contributed by atoms with Crippen LogP contribution >= 0.6 is 11.6 Å². The van der Waals surface area contributed by atoms with Gasteiger partial charge in [0.2, 0.25) is 0 Å². The summed E-state index contributed by atoms with van der Waals surface area (Å²) in [4.78, 5) is 9.28. The van der Waals surface area contributed by atoms with E-state index in [0.29, 0.717) is 22.4 Å². The fourth-order valence-corrected chi connectivity index (χ4v) is 2.96. The molecular weight excluding hydrogens is 388 g/mol. The first-order valence-corrected chi connectivity index (χ1v) is 9.20. The van der Waals surface area contributed by atoms with Crippen LogP contribution in [0.5, 0.6) is 11.5 Å². The van der Waals surface area contributed by atoms with Crippen molar-refractivity contribution in [2.45, 2.75) is 0 Å². The molecule has 144 valence electrons. The predicted octanol–water partition coefficient (Wildman–Crippen LogP) is 5.11. The van der Waals surface area contributed by atoms with E-state index in [9.17, 15) is 5.11 Å². The third-order valence-electron chi connectivity index (χ3n) is 4.29. The van der Waals surface area contributed by atoms with Gasteiger partial charge in [0, 0.05) is 16.0 Å². The Bertz CT molecular complexity index is 1190. The maximum atomic E-state index is 9.70. The SMILES string of the molecule is COc1cc(/C=N/Nc2nc(-c3ccc(Cl)cc3)nc3ccccc23)ccc1O. The van der Waals surface area contributed by atoms with Crippen LogP contribution < -0.4 is 10.2 Å². The molecule has 1 heterocycles. The van der Waals surface area contributed by atoms with Crippen molar-refractivity contribution in [2.75, 3.05) is 12.5 Å². The van der Waals surface area contributed by atoms with E-state index in [1.54, 1.807) is 36.5 Å². The van der Waals surface area contributed by atoms with Gasteiger partial charge in [-0.3, -0.25) is 5.43 Å².